The monoisotopic (exact) mass is 438 g/mol. The number of hydrogen-bond acceptors (Lipinski definition) is 1. The van der Waals surface area contributed by atoms with Gasteiger partial charge in [0.05, 0.1) is 5.56 Å². The lowest BCUT2D eigenvalue weighted by Crippen LogP contribution is -2.32. The fraction of sp³-hybridized carbons (Fsp3) is 0.387. The summed E-state index contributed by atoms with van der Waals surface area (Å²) >= 11 is 0. The molecule has 4 aromatic rings. The zero-order valence-electron chi connectivity index (χ0n) is 21.4. The van der Waals surface area contributed by atoms with Crippen molar-refractivity contribution < 1.29 is 9.30 Å². The number of pyridine rings is 1. The highest BCUT2D eigenvalue weighted by atomic mass is 16.5. The SMILES string of the molecule is Cc1cc2cc(CC(C)(C)C)cc3c2c(c1C)-c1c(c2cc(CC(C)C)ccc2c[n+]1C)O3. The lowest BCUT2D eigenvalue weighted by atomic mass is 9.85. The van der Waals surface area contributed by atoms with Crippen molar-refractivity contribution in [2.45, 2.75) is 61.3 Å². The van der Waals surface area contributed by atoms with Gasteiger partial charge in [-0.3, -0.25) is 0 Å². The normalized spacial score (nSPS) is 13.0. The van der Waals surface area contributed by atoms with Crippen LogP contribution in [0.15, 0.2) is 42.6 Å². The van der Waals surface area contributed by atoms with Crippen molar-refractivity contribution in [3.8, 4) is 22.8 Å². The summed E-state index contributed by atoms with van der Waals surface area (Å²) in [5, 5.41) is 4.96. The smallest absolute Gasteiger partial charge is 0.257 e. The second-order valence-corrected chi connectivity index (χ2v) is 11.7. The number of aryl methyl sites for hydroxylation is 2. The molecule has 0 fully saturated rings. The molecule has 2 heterocycles. The van der Waals surface area contributed by atoms with Gasteiger partial charge in [-0.2, -0.15) is 4.57 Å². The molecule has 1 aliphatic rings. The van der Waals surface area contributed by atoms with Crippen molar-refractivity contribution in [1.82, 2.24) is 0 Å². The van der Waals surface area contributed by atoms with Gasteiger partial charge in [0.15, 0.2) is 6.20 Å². The van der Waals surface area contributed by atoms with E-state index in [2.05, 4.69) is 103 Å². The van der Waals surface area contributed by atoms with Crippen LogP contribution in [0.1, 0.15) is 56.9 Å². The Bertz CT molecular complexity index is 1420. The van der Waals surface area contributed by atoms with Crippen molar-refractivity contribution in [2.24, 2.45) is 18.4 Å². The van der Waals surface area contributed by atoms with Crippen molar-refractivity contribution in [2.75, 3.05) is 0 Å². The predicted octanol–water partition coefficient (Wildman–Crippen LogP) is 7.99. The molecule has 0 amide bonds. The van der Waals surface area contributed by atoms with Gasteiger partial charge in [0.2, 0.25) is 5.75 Å². The van der Waals surface area contributed by atoms with Crippen molar-refractivity contribution in [1.29, 1.82) is 0 Å². The minimum absolute atomic E-state index is 0.223. The van der Waals surface area contributed by atoms with E-state index in [9.17, 15) is 0 Å². The summed E-state index contributed by atoms with van der Waals surface area (Å²) in [6.45, 7) is 15.9. The average Bonchev–Trinajstić information content (AvgIpc) is 2.70. The summed E-state index contributed by atoms with van der Waals surface area (Å²) in [5.74, 6) is 2.62. The van der Waals surface area contributed by atoms with E-state index in [4.69, 9.17) is 4.74 Å². The molecule has 0 radical (unpaired) electrons. The fourth-order valence-electron chi connectivity index (χ4n) is 5.47. The van der Waals surface area contributed by atoms with E-state index in [0.29, 0.717) is 5.92 Å². The predicted molar refractivity (Wildman–Crippen MR) is 139 cm³/mol. The standard InChI is InChI=1S/C31H36NO/c1-18(2)11-21-9-10-23-17-32(8)29-27-20(4)19(3)12-24-13-22(16-31(5,6)7)15-26(28(24)27)33-30(29)25(23)14-21/h9-10,12-15,17-18H,11,16H2,1-8H3/q+1. The maximum Gasteiger partial charge on any atom is 0.257 e. The Morgan fingerprint density at radius 3 is 2.39 bits per heavy atom. The van der Waals surface area contributed by atoms with Crippen LogP contribution < -0.4 is 9.30 Å². The molecular formula is C31H36NO+. The number of fused-ring (bicyclic) bond motifs is 4. The third-order valence-electron chi connectivity index (χ3n) is 6.87. The van der Waals surface area contributed by atoms with Gasteiger partial charge in [0.25, 0.3) is 5.69 Å². The van der Waals surface area contributed by atoms with Crippen molar-refractivity contribution in [3.63, 3.8) is 0 Å². The molecule has 2 heteroatoms. The zero-order valence-corrected chi connectivity index (χ0v) is 21.4. The van der Waals surface area contributed by atoms with Crippen LogP contribution >= 0.6 is 0 Å². The molecular weight excluding hydrogens is 402 g/mol. The summed E-state index contributed by atoms with van der Waals surface area (Å²) in [4.78, 5) is 0. The van der Waals surface area contributed by atoms with Gasteiger partial charge in [-0.25, -0.2) is 0 Å². The number of nitrogens with zero attached hydrogens (tertiary/aromatic N) is 1. The van der Waals surface area contributed by atoms with Crippen molar-refractivity contribution in [3.05, 3.63) is 64.8 Å². The molecule has 5 rings (SSSR count). The molecule has 0 saturated carbocycles. The summed E-state index contributed by atoms with van der Waals surface area (Å²) in [5.41, 5.74) is 8.11. The Morgan fingerprint density at radius 1 is 0.939 bits per heavy atom. The van der Waals surface area contributed by atoms with Gasteiger partial charge in [-0.15, -0.1) is 0 Å². The Hall–Kier alpha value is -2.87. The summed E-state index contributed by atoms with van der Waals surface area (Å²) < 4.78 is 9.09. The van der Waals surface area contributed by atoms with Crippen LogP contribution in [0.4, 0.5) is 0 Å². The quantitative estimate of drug-likeness (QED) is 0.260. The first kappa shape index (κ1) is 21.9. The van der Waals surface area contributed by atoms with Gasteiger partial charge >= 0.3 is 0 Å². The van der Waals surface area contributed by atoms with Crippen LogP contribution in [0.5, 0.6) is 11.5 Å². The number of rotatable bonds is 3. The molecule has 170 valence electrons. The highest BCUT2D eigenvalue weighted by molar-refractivity contribution is 6.07. The third kappa shape index (κ3) is 3.80. The third-order valence-corrected chi connectivity index (χ3v) is 6.87. The first-order chi connectivity index (χ1) is 15.5. The Morgan fingerprint density at radius 2 is 1.70 bits per heavy atom. The largest absolute Gasteiger partial charge is 0.449 e. The minimum atomic E-state index is 0.223. The van der Waals surface area contributed by atoms with Gasteiger partial charge in [0.1, 0.15) is 12.8 Å². The lowest BCUT2D eigenvalue weighted by Gasteiger charge is -2.25. The molecule has 2 nitrogen and oxygen atoms in total. The highest BCUT2D eigenvalue weighted by Gasteiger charge is 2.32. The Kier molecular flexibility index (Phi) is 5.04. The molecule has 0 saturated heterocycles. The van der Waals surface area contributed by atoms with E-state index < -0.39 is 0 Å². The second-order valence-electron chi connectivity index (χ2n) is 11.7. The van der Waals surface area contributed by atoms with E-state index >= 15 is 0 Å². The van der Waals surface area contributed by atoms with Gasteiger partial charge in [-0.1, -0.05) is 52.8 Å². The van der Waals surface area contributed by atoms with Crippen LogP contribution in [0.2, 0.25) is 0 Å². The lowest BCUT2D eigenvalue weighted by molar-refractivity contribution is -0.659. The van der Waals surface area contributed by atoms with E-state index in [1.54, 1.807) is 0 Å². The van der Waals surface area contributed by atoms with E-state index in [-0.39, 0.29) is 5.41 Å². The van der Waals surface area contributed by atoms with Crippen LogP contribution in [-0.2, 0) is 19.9 Å². The second kappa shape index (κ2) is 7.58. The Labute approximate surface area is 198 Å². The molecule has 0 N–H and O–H groups in total. The molecule has 0 unspecified atom stereocenters. The first-order valence-corrected chi connectivity index (χ1v) is 12.2. The topological polar surface area (TPSA) is 13.1 Å². The van der Waals surface area contributed by atoms with Gasteiger partial charge in [0, 0.05) is 16.2 Å². The number of ether oxygens (including phenoxy) is 1. The van der Waals surface area contributed by atoms with Crippen LogP contribution in [0.3, 0.4) is 0 Å². The molecule has 1 aromatic heterocycles. The van der Waals surface area contributed by atoms with Gasteiger partial charge < -0.3 is 4.74 Å². The van der Waals surface area contributed by atoms with Crippen LogP contribution in [-0.4, -0.2) is 0 Å². The first-order valence-electron chi connectivity index (χ1n) is 12.2. The molecule has 1 aliphatic heterocycles. The fourth-order valence-corrected chi connectivity index (χ4v) is 5.47. The maximum absolute atomic E-state index is 6.83. The summed E-state index contributed by atoms with van der Waals surface area (Å²) in [7, 11) is 2.15. The number of benzene rings is 3. The molecule has 0 atom stereocenters. The number of hydrogen-bond donors (Lipinski definition) is 0. The number of aromatic nitrogens is 1. The van der Waals surface area contributed by atoms with E-state index in [1.807, 2.05) is 0 Å². The summed E-state index contributed by atoms with van der Waals surface area (Å²) in [6, 6.07) is 13.9. The minimum Gasteiger partial charge on any atom is -0.449 e. The summed E-state index contributed by atoms with van der Waals surface area (Å²) in [6.07, 6.45) is 4.35. The Balaban J connectivity index is 1.84. The highest BCUT2D eigenvalue weighted by Crippen LogP contribution is 2.50. The van der Waals surface area contributed by atoms with Crippen molar-refractivity contribution >= 4 is 21.5 Å². The molecule has 0 bridgehead atoms. The molecule has 0 spiro atoms. The van der Waals surface area contributed by atoms with Crippen LogP contribution in [0.25, 0.3) is 32.8 Å². The molecule has 33 heavy (non-hydrogen) atoms. The molecule has 0 aliphatic carbocycles. The maximum atomic E-state index is 6.83. The van der Waals surface area contributed by atoms with Gasteiger partial charge in [-0.05, 0) is 83.9 Å². The zero-order chi connectivity index (χ0) is 23.7. The molecule has 3 aromatic carbocycles. The van der Waals surface area contributed by atoms with Crippen LogP contribution in [0, 0.1) is 25.2 Å². The average molecular weight is 439 g/mol. The van der Waals surface area contributed by atoms with E-state index in [1.165, 1.54) is 55.1 Å². The van der Waals surface area contributed by atoms with E-state index in [0.717, 1.165) is 24.3 Å².